The van der Waals surface area contributed by atoms with Crippen LogP contribution in [0.15, 0.2) is 48.0 Å². The second-order valence-electron chi connectivity index (χ2n) is 4.65. The first kappa shape index (κ1) is 14.7. The number of amides is 1. The Labute approximate surface area is 136 Å². The number of thiazole rings is 1. The monoisotopic (exact) mass is 329 g/mol. The summed E-state index contributed by atoms with van der Waals surface area (Å²) in [5.41, 5.74) is 3.16. The second-order valence-corrected chi connectivity index (χ2v) is 6.10. The first-order chi connectivity index (χ1) is 10.6. The van der Waals surface area contributed by atoms with Crippen molar-refractivity contribution in [3.63, 3.8) is 0 Å². The molecule has 0 spiro atoms. The van der Waals surface area contributed by atoms with E-state index in [4.69, 9.17) is 11.6 Å². The van der Waals surface area contributed by atoms with Gasteiger partial charge in [0.2, 0.25) is 0 Å². The lowest BCUT2D eigenvalue weighted by Crippen LogP contribution is -2.11. The first-order valence-electron chi connectivity index (χ1n) is 6.57. The number of benzene rings is 1. The number of rotatable bonds is 3. The highest BCUT2D eigenvalue weighted by Crippen LogP contribution is 2.23. The number of carbonyl (C=O) groups excluding carboxylic acids is 1. The number of aromatic nitrogens is 2. The molecule has 1 N–H and O–H groups in total. The Morgan fingerprint density at radius 3 is 2.64 bits per heavy atom. The zero-order valence-electron chi connectivity index (χ0n) is 11.7. The van der Waals surface area contributed by atoms with Gasteiger partial charge in [-0.25, -0.2) is 9.97 Å². The van der Waals surface area contributed by atoms with E-state index in [1.807, 2.05) is 36.6 Å². The minimum absolute atomic E-state index is 0.221. The van der Waals surface area contributed by atoms with Crippen molar-refractivity contribution in [3.8, 4) is 11.3 Å². The minimum atomic E-state index is -0.221. The van der Waals surface area contributed by atoms with Gasteiger partial charge in [-0.15, -0.1) is 11.3 Å². The largest absolute Gasteiger partial charge is 0.322 e. The Kier molecular flexibility index (Phi) is 4.18. The summed E-state index contributed by atoms with van der Waals surface area (Å²) in [6.45, 7) is 1.97. The second kappa shape index (κ2) is 6.25. The summed E-state index contributed by atoms with van der Waals surface area (Å²) in [6.07, 6.45) is 1.50. The van der Waals surface area contributed by atoms with Crippen molar-refractivity contribution in [1.29, 1.82) is 0 Å². The predicted molar refractivity (Wildman–Crippen MR) is 89.5 cm³/mol. The van der Waals surface area contributed by atoms with Crippen LogP contribution in [0.25, 0.3) is 11.3 Å². The van der Waals surface area contributed by atoms with Gasteiger partial charge in [-0.3, -0.25) is 4.79 Å². The topological polar surface area (TPSA) is 54.9 Å². The van der Waals surface area contributed by atoms with E-state index in [9.17, 15) is 4.79 Å². The van der Waals surface area contributed by atoms with Gasteiger partial charge in [0.15, 0.2) is 0 Å². The number of anilines is 1. The molecule has 0 saturated carbocycles. The van der Waals surface area contributed by atoms with E-state index in [1.54, 1.807) is 17.4 Å². The maximum atomic E-state index is 12.1. The molecule has 0 aliphatic carbocycles. The third-order valence-electron chi connectivity index (χ3n) is 3.05. The molecule has 0 fully saturated rings. The van der Waals surface area contributed by atoms with Crippen LogP contribution in [0.5, 0.6) is 0 Å². The molecule has 6 heteroatoms. The van der Waals surface area contributed by atoms with Gasteiger partial charge in [-0.05, 0) is 31.2 Å². The Balaban J connectivity index is 1.75. The van der Waals surface area contributed by atoms with Gasteiger partial charge in [-0.2, -0.15) is 0 Å². The number of carbonyl (C=O) groups is 1. The fourth-order valence-corrected chi connectivity index (χ4v) is 2.76. The fourth-order valence-electron chi connectivity index (χ4n) is 1.97. The maximum absolute atomic E-state index is 12.1. The van der Waals surface area contributed by atoms with E-state index < -0.39 is 0 Å². The molecule has 3 rings (SSSR count). The van der Waals surface area contributed by atoms with Gasteiger partial charge < -0.3 is 5.32 Å². The van der Waals surface area contributed by atoms with Crippen molar-refractivity contribution in [2.45, 2.75) is 6.92 Å². The summed E-state index contributed by atoms with van der Waals surface area (Å²) in [4.78, 5) is 20.4. The van der Waals surface area contributed by atoms with Crippen LogP contribution in [-0.4, -0.2) is 15.9 Å². The minimum Gasteiger partial charge on any atom is -0.322 e. The van der Waals surface area contributed by atoms with Crippen molar-refractivity contribution in [3.05, 3.63) is 63.7 Å². The van der Waals surface area contributed by atoms with Crippen LogP contribution in [0.3, 0.4) is 0 Å². The summed E-state index contributed by atoms with van der Waals surface area (Å²) in [5, 5.41) is 6.16. The molecule has 2 aromatic heterocycles. The number of hydrogen-bond acceptors (Lipinski definition) is 4. The number of hydrogen-bond donors (Lipinski definition) is 1. The average Bonchev–Trinajstić information content (AvgIpc) is 2.94. The number of nitrogens with one attached hydrogen (secondary N) is 1. The van der Waals surface area contributed by atoms with Crippen LogP contribution in [0, 0.1) is 6.92 Å². The van der Waals surface area contributed by atoms with Gasteiger partial charge in [0.1, 0.15) is 5.15 Å². The first-order valence-corrected chi connectivity index (χ1v) is 7.83. The molecular formula is C16H12ClN3OS. The molecule has 110 valence electrons. The Morgan fingerprint density at radius 1 is 1.23 bits per heavy atom. The highest BCUT2D eigenvalue weighted by Gasteiger charge is 2.07. The SMILES string of the molecule is Cc1nc(-c2ccc(NC(=O)c3ccnc(Cl)c3)cc2)cs1. The van der Waals surface area contributed by atoms with Crippen LogP contribution in [0.1, 0.15) is 15.4 Å². The molecule has 2 heterocycles. The van der Waals surface area contributed by atoms with Crippen molar-refractivity contribution < 1.29 is 4.79 Å². The molecule has 0 bridgehead atoms. The number of pyridine rings is 1. The van der Waals surface area contributed by atoms with E-state index in [0.29, 0.717) is 16.4 Å². The van der Waals surface area contributed by atoms with E-state index in [2.05, 4.69) is 15.3 Å². The molecule has 1 aromatic carbocycles. The van der Waals surface area contributed by atoms with Crippen molar-refractivity contribution >= 4 is 34.5 Å². The highest BCUT2D eigenvalue weighted by atomic mass is 35.5. The van der Waals surface area contributed by atoms with Gasteiger partial charge >= 0.3 is 0 Å². The molecule has 0 atom stereocenters. The lowest BCUT2D eigenvalue weighted by molar-refractivity contribution is 0.102. The number of aryl methyl sites for hydroxylation is 1. The third kappa shape index (κ3) is 3.32. The van der Waals surface area contributed by atoms with Crippen molar-refractivity contribution in [1.82, 2.24) is 9.97 Å². The predicted octanol–water partition coefficient (Wildman–Crippen LogP) is 4.42. The van der Waals surface area contributed by atoms with Gasteiger partial charge in [0.05, 0.1) is 10.7 Å². The molecule has 0 saturated heterocycles. The molecule has 22 heavy (non-hydrogen) atoms. The van der Waals surface area contributed by atoms with E-state index in [-0.39, 0.29) is 5.91 Å². The number of halogens is 1. The zero-order chi connectivity index (χ0) is 15.5. The number of nitrogens with zero attached hydrogens (tertiary/aromatic N) is 2. The Bertz CT molecular complexity index is 814. The van der Waals surface area contributed by atoms with Crippen LogP contribution in [0.2, 0.25) is 5.15 Å². The molecule has 0 aliphatic heterocycles. The lowest BCUT2D eigenvalue weighted by atomic mass is 10.1. The molecule has 0 aliphatic rings. The summed E-state index contributed by atoms with van der Waals surface area (Å²) >= 11 is 7.40. The molecule has 3 aromatic rings. The Morgan fingerprint density at radius 2 is 2.00 bits per heavy atom. The summed E-state index contributed by atoms with van der Waals surface area (Å²) < 4.78 is 0. The standard InChI is InChI=1S/C16H12ClN3OS/c1-10-19-14(9-22-10)11-2-4-13(5-3-11)20-16(21)12-6-7-18-15(17)8-12/h2-9H,1H3,(H,20,21). The van der Waals surface area contributed by atoms with Crippen molar-refractivity contribution in [2.24, 2.45) is 0 Å². The van der Waals surface area contributed by atoms with Crippen LogP contribution < -0.4 is 5.32 Å². The zero-order valence-corrected chi connectivity index (χ0v) is 13.3. The third-order valence-corrected chi connectivity index (χ3v) is 4.03. The molecule has 0 unspecified atom stereocenters. The van der Waals surface area contributed by atoms with Gasteiger partial charge in [0.25, 0.3) is 5.91 Å². The summed E-state index contributed by atoms with van der Waals surface area (Å²) in [5.74, 6) is -0.221. The molecule has 0 radical (unpaired) electrons. The van der Waals surface area contributed by atoms with Gasteiger partial charge in [0, 0.05) is 28.4 Å². The maximum Gasteiger partial charge on any atom is 0.255 e. The fraction of sp³-hybridized carbons (Fsp3) is 0.0625. The summed E-state index contributed by atoms with van der Waals surface area (Å²) in [6, 6.07) is 10.7. The van der Waals surface area contributed by atoms with Crippen molar-refractivity contribution in [2.75, 3.05) is 5.32 Å². The molecule has 1 amide bonds. The van der Waals surface area contributed by atoms with Gasteiger partial charge in [-0.1, -0.05) is 23.7 Å². The smallest absolute Gasteiger partial charge is 0.255 e. The molecule has 4 nitrogen and oxygen atoms in total. The normalized spacial score (nSPS) is 10.5. The van der Waals surface area contributed by atoms with Crippen LogP contribution in [0.4, 0.5) is 5.69 Å². The highest BCUT2D eigenvalue weighted by molar-refractivity contribution is 7.09. The average molecular weight is 330 g/mol. The lowest BCUT2D eigenvalue weighted by Gasteiger charge is -2.06. The van der Waals surface area contributed by atoms with E-state index >= 15 is 0 Å². The van der Waals surface area contributed by atoms with Crippen LogP contribution >= 0.6 is 22.9 Å². The van der Waals surface area contributed by atoms with E-state index in [1.165, 1.54) is 12.3 Å². The summed E-state index contributed by atoms with van der Waals surface area (Å²) in [7, 11) is 0. The van der Waals surface area contributed by atoms with Crippen LogP contribution in [-0.2, 0) is 0 Å². The Hall–Kier alpha value is -2.24. The quantitative estimate of drug-likeness (QED) is 0.724. The van der Waals surface area contributed by atoms with E-state index in [0.717, 1.165) is 16.3 Å². The molecular weight excluding hydrogens is 318 g/mol.